The molecule has 1 aliphatic heterocycles. The molecule has 0 spiro atoms. The third-order valence-corrected chi connectivity index (χ3v) is 4.78. The molecule has 0 radical (unpaired) electrons. The van der Waals surface area contributed by atoms with Crippen molar-refractivity contribution in [1.82, 2.24) is 20.8 Å². The molecule has 3 aromatic rings. The highest BCUT2D eigenvalue weighted by Crippen LogP contribution is 2.19. The molecular weight excluding hydrogens is 364 g/mol. The van der Waals surface area contributed by atoms with Crippen LogP contribution in [0.3, 0.4) is 0 Å². The molecule has 1 amide bonds. The first kappa shape index (κ1) is 17.7. The van der Waals surface area contributed by atoms with Crippen LogP contribution in [0.1, 0.15) is 29.0 Å². The lowest BCUT2D eigenvalue weighted by Gasteiger charge is -2.06. The van der Waals surface area contributed by atoms with Crippen molar-refractivity contribution in [2.45, 2.75) is 32.5 Å². The molecule has 2 aromatic carbocycles. The van der Waals surface area contributed by atoms with E-state index in [1.807, 2.05) is 12.1 Å². The molecular formula is C20H19ClN4O2. The van der Waals surface area contributed by atoms with Gasteiger partial charge in [-0.3, -0.25) is 4.79 Å². The predicted octanol–water partition coefficient (Wildman–Crippen LogP) is 3.24. The standard InChI is InChI=1S/C20H19ClN4O2/c21-17-5-3-14(4-6-17)20-24-19(27-25-20)8-7-18(26)23-10-13-1-2-15-11-22-12-16(15)9-13/h1-6,9,22H,7-8,10-12H2,(H,23,26). The summed E-state index contributed by atoms with van der Waals surface area (Å²) in [4.78, 5) is 16.4. The molecule has 0 saturated heterocycles. The van der Waals surface area contributed by atoms with Gasteiger partial charge in [-0.2, -0.15) is 4.98 Å². The van der Waals surface area contributed by atoms with Gasteiger partial charge in [-0.25, -0.2) is 0 Å². The molecule has 27 heavy (non-hydrogen) atoms. The van der Waals surface area contributed by atoms with Crippen LogP contribution >= 0.6 is 11.6 Å². The molecule has 0 fully saturated rings. The number of aromatic nitrogens is 2. The van der Waals surface area contributed by atoms with E-state index in [9.17, 15) is 4.79 Å². The lowest BCUT2D eigenvalue weighted by molar-refractivity contribution is -0.121. The average molecular weight is 383 g/mol. The van der Waals surface area contributed by atoms with Gasteiger partial charge in [0.15, 0.2) is 0 Å². The summed E-state index contributed by atoms with van der Waals surface area (Å²) < 4.78 is 5.23. The van der Waals surface area contributed by atoms with Crippen molar-refractivity contribution >= 4 is 17.5 Å². The number of fused-ring (bicyclic) bond motifs is 1. The number of hydrogen-bond donors (Lipinski definition) is 2. The fourth-order valence-electron chi connectivity index (χ4n) is 3.04. The van der Waals surface area contributed by atoms with Crippen molar-refractivity contribution in [2.24, 2.45) is 0 Å². The Labute approximate surface area is 161 Å². The second kappa shape index (κ2) is 7.90. The zero-order valence-corrected chi connectivity index (χ0v) is 15.4. The molecule has 4 rings (SSSR count). The maximum atomic E-state index is 12.1. The maximum absolute atomic E-state index is 12.1. The third kappa shape index (κ3) is 4.35. The van der Waals surface area contributed by atoms with Crippen molar-refractivity contribution in [3.63, 3.8) is 0 Å². The van der Waals surface area contributed by atoms with E-state index in [0.717, 1.165) is 24.2 Å². The van der Waals surface area contributed by atoms with Gasteiger partial charge in [0, 0.05) is 43.1 Å². The topological polar surface area (TPSA) is 80.0 Å². The van der Waals surface area contributed by atoms with E-state index < -0.39 is 0 Å². The van der Waals surface area contributed by atoms with Crippen molar-refractivity contribution in [3.8, 4) is 11.4 Å². The zero-order valence-electron chi connectivity index (χ0n) is 14.7. The van der Waals surface area contributed by atoms with Gasteiger partial charge in [0.05, 0.1) is 0 Å². The Balaban J connectivity index is 1.27. The van der Waals surface area contributed by atoms with E-state index >= 15 is 0 Å². The van der Waals surface area contributed by atoms with Crippen LogP contribution < -0.4 is 10.6 Å². The van der Waals surface area contributed by atoms with Crippen molar-refractivity contribution in [3.05, 3.63) is 70.1 Å². The number of nitrogens with one attached hydrogen (secondary N) is 2. The number of carbonyl (C=O) groups excluding carboxylic acids is 1. The minimum atomic E-state index is -0.0418. The summed E-state index contributed by atoms with van der Waals surface area (Å²) in [5.74, 6) is 0.896. The summed E-state index contributed by atoms with van der Waals surface area (Å²) in [5, 5.41) is 10.9. The van der Waals surface area contributed by atoms with E-state index in [1.54, 1.807) is 12.1 Å². The fraction of sp³-hybridized carbons (Fsp3) is 0.250. The third-order valence-electron chi connectivity index (χ3n) is 4.53. The Kier molecular flexibility index (Phi) is 5.18. The van der Waals surface area contributed by atoms with Crippen LogP contribution in [0.15, 0.2) is 47.0 Å². The number of benzene rings is 2. The second-order valence-electron chi connectivity index (χ2n) is 6.50. The highest BCUT2D eigenvalue weighted by Gasteiger charge is 2.12. The van der Waals surface area contributed by atoms with E-state index in [-0.39, 0.29) is 5.91 Å². The van der Waals surface area contributed by atoms with Gasteiger partial charge < -0.3 is 15.2 Å². The minimum absolute atomic E-state index is 0.0418. The highest BCUT2D eigenvalue weighted by atomic mass is 35.5. The second-order valence-corrected chi connectivity index (χ2v) is 6.94. The molecule has 2 heterocycles. The number of rotatable bonds is 6. The highest BCUT2D eigenvalue weighted by molar-refractivity contribution is 6.30. The van der Waals surface area contributed by atoms with Crippen LogP contribution in [0.4, 0.5) is 0 Å². The van der Waals surface area contributed by atoms with Crippen LogP contribution in [0.2, 0.25) is 5.02 Å². The quantitative estimate of drug-likeness (QED) is 0.684. The summed E-state index contributed by atoms with van der Waals surface area (Å²) in [6.07, 6.45) is 0.704. The van der Waals surface area contributed by atoms with Gasteiger partial charge in [-0.15, -0.1) is 0 Å². The molecule has 0 bridgehead atoms. The predicted molar refractivity (Wildman–Crippen MR) is 102 cm³/mol. The smallest absolute Gasteiger partial charge is 0.227 e. The number of carbonyl (C=O) groups is 1. The number of aryl methyl sites for hydroxylation is 1. The van der Waals surface area contributed by atoms with Crippen molar-refractivity contribution in [2.75, 3.05) is 0 Å². The number of amides is 1. The van der Waals surface area contributed by atoms with Gasteiger partial charge in [-0.05, 0) is 41.0 Å². The zero-order chi connectivity index (χ0) is 18.6. The molecule has 0 atom stereocenters. The van der Waals surface area contributed by atoms with Gasteiger partial charge >= 0.3 is 0 Å². The lowest BCUT2D eigenvalue weighted by atomic mass is 10.1. The largest absolute Gasteiger partial charge is 0.352 e. The van der Waals surface area contributed by atoms with Gasteiger partial charge in [0.1, 0.15) is 0 Å². The van der Waals surface area contributed by atoms with Gasteiger partial charge in [0.2, 0.25) is 17.6 Å². The molecule has 1 aromatic heterocycles. The molecule has 7 heteroatoms. The van der Waals surface area contributed by atoms with E-state index in [4.69, 9.17) is 16.1 Å². The number of halogens is 1. The Hall–Kier alpha value is -2.70. The molecule has 0 saturated carbocycles. The van der Waals surface area contributed by atoms with E-state index in [2.05, 4.69) is 39.0 Å². The van der Waals surface area contributed by atoms with Crippen LogP contribution in [0.25, 0.3) is 11.4 Å². The monoisotopic (exact) mass is 382 g/mol. The SMILES string of the molecule is O=C(CCc1nc(-c2ccc(Cl)cc2)no1)NCc1ccc2c(c1)CNC2. The van der Waals surface area contributed by atoms with Crippen molar-refractivity contribution in [1.29, 1.82) is 0 Å². The van der Waals surface area contributed by atoms with Crippen LogP contribution in [0, 0.1) is 0 Å². The fourth-order valence-corrected chi connectivity index (χ4v) is 3.17. The average Bonchev–Trinajstić information content (AvgIpc) is 3.34. The van der Waals surface area contributed by atoms with E-state index in [0.29, 0.717) is 36.1 Å². The van der Waals surface area contributed by atoms with Gasteiger partial charge in [-0.1, -0.05) is 35.0 Å². The van der Waals surface area contributed by atoms with Crippen LogP contribution in [-0.4, -0.2) is 16.0 Å². The summed E-state index contributed by atoms with van der Waals surface area (Å²) in [6.45, 7) is 2.33. The summed E-state index contributed by atoms with van der Waals surface area (Å²) in [6, 6.07) is 13.5. The number of hydrogen-bond acceptors (Lipinski definition) is 5. The van der Waals surface area contributed by atoms with Crippen LogP contribution in [-0.2, 0) is 30.8 Å². The Morgan fingerprint density at radius 1 is 1.15 bits per heavy atom. The Bertz CT molecular complexity index is 953. The molecule has 6 nitrogen and oxygen atoms in total. The molecule has 2 N–H and O–H groups in total. The normalized spacial score (nSPS) is 12.8. The molecule has 138 valence electrons. The van der Waals surface area contributed by atoms with Crippen molar-refractivity contribution < 1.29 is 9.32 Å². The van der Waals surface area contributed by atoms with Gasteiger partial charge in [0.25, 0.3) is 0 Å². The first-order valence-corrected chi connectivity index (χ1v) is 9.22. The molecule has 1 aliphatic rings. The first-order valence-electron chi connectivity index (χ1n) is 8.84. The Morgan fingerprint density at radius 2 is 1.96 bits per heavy atom. The maximum Gasteiger partial charge on any atom is 0.227 e. The first-order chi connectivity index (χ1) is 13.2. The summed E-state index contributed by atoms with van der Waals surface area (Å²) >= 11 is 5.88. The number of nitrogens with zero attached hydrogens (tertiary/aromatic N) is 2. The summed E-state index contributed by atoms with van der Waals surface area (Å²) in [5.41, 5.74) is 4.57. The Morgan fingerprint density at radius 3 is 2.81 bits per heavy atom. The summed E-state index contributed by atoms with van der Waals surface area (Å²) in [7, 11) is 0. The molecule has 0 unspecified atom stereocenters. The lowest BCUT2D eigenvalue weighted by Crippen LogP contribution is -2.23. The minimum Gasteiger partial charge on any atom is -0.352 e. The molecule has 0 aliphatic carbocycles. The van der Waals surface area contributed by atoms with Crippen LogP contribution in [0.5, 0.6) is 0 Å². The van der Waals surface area contributed by atoms with E-state index in [1.165, 1.54) is 11.1 Å².